The van der Waals surface area contributed by atoms with Crippen LogP contribution in [0.5, 0.6) is 0 Å². The van der Waals surface area contributed by atoms with E-state index in [9.17, 15) is 14.7 Å². The Labute approximate surface area is 120 Å². The molecule has 116 valence electrons. The van der Waals surface area contributed by atoms with Crippen molar-refractivity contribution in [3.05, 3.63) is 0 Å². The largest absolute Gasteiger partial charge is 0.480 e. The van der Waals surface area contributed by atoms with Gasteiger partial charge in [0, 0.05) is 13.0 Å². The molecule has 1 N–H and O–H groups in total. The first-order valence-electron chi connectivity index (χ1n) is 6.98. The van der Waals surface area contributed by atoms with Gasteiger partial charge in [0.2, 0.25) is 0 Å². The predicted octanol–water partition coefficient (Wildman–Crippen LogP) is 2.26. The number of carbonyl (C=O) groups excluding carboxylic acids is 1. The van der Waals surface area contributed by atoms with E-state index in [2.05, 4.69) is 0 Å². The maximum absolute atomic E-state index is 12.1. The molecule has 0 aromatic heterocycles. The van der Waals surface area contributed by atoms with Gasteiger partial charge in [0.05, 0.1) is 12.2 Å². The molecule has 1 heterocycles. The summed E-state index contributed by atoms with van der Waals surface area (Å²) in [5, 5.41) is 9.30. The summed E-state index contributed by atoms with van der Waals surface area (Å²) in [6, 6.07) is -0.887. The Kier molecular flexibility index (Phi) is 5.39. The molecule has 1 rings (SSSR count). The van der Waals surface area contributed by atoms with Crippen LogP contribution in [0.4, 0.5) is 4.79 Å². The molecule has 1 saturated heterocycles. The van der Waals surface area contributed by atoms with Crippen LogP contribution in [0.15, 0.2) is 0 Å². The highest BCUT2D eigenvalue weighted by atomic mass is 16.6. The lowest BCUT2D eigenvalue weighted by Crippen LogP contribution is -2.53. The second kappa shape index (κ2) is 6.43. The summed E-state index contributed by atoms with van der Waals surface area (Å²) in [6.07, 6.45) is 0.263. The number of rotatable bonds is 3. The highest BCUT2D eigenvalue weighted by Crippen LogP contribution is 2.23. The number of likely N-dealkylation sites (tertiary alicyclic amines) is 1. The van der Waals surface area contributed by atoms with Gasteiger partial charge >= 0.3 is 12.1 Å². The predicted molar refractivity (Wildman–Crippen MR) is 73.6 cm³/mol. The van der Waals surface area contributed by atoms with E-state index in [1.54, 1.807) is 20.8 Å². The molecule has 0 aliphatic carbocycles. The van der Waals surface area contributed by atoms with E-state index in [1.807, 2.05) is 13.8 Å². The standard InChI is InChI=1S/C14H25NO5/c1-9(2)19-10-6-7-15(11(8-10)12(16)17)13(18)20-14(3,4)5/h9-11H,6-8H2,1-5H3,(H,16,17). The van der Waals surface area contributed by atoms with E-state index in [1.165, 1.54) is 4.90 Å². The number of carbonyl (C=O) groups is 2. The minimum Gasteiger partial charge on any atom is -0.480 e. The van der Waals surface area contributed by atoms with Crippen molar-refractivity contribution in [2.24, 2.45) is 0 Å². The number of carboxylic acids is 1. The van der Waals surface area contributed by atoms with E-state index in [-0.39, 0.29) is 12.2 Å². The SMILES string of the molecule is CC(C)OC1CCN(C(=O)OC(C)(C)C)C(C(=O)O)C1. The van der Waals surface area contributed by atoms with E-state index < -0.39 is 23.7 Å². The minimum absolute atomic E-state index is 0.0440. The zero-order chi connectivity index (χ0) is 15.5. The third-order valence-corrected chi connectivity index (χ3v) is 2.93. The topological polar surface area (TPSA) is 76.1 Å². The number of hydrogen-bond donors (Lipinski definition) is 1. The number of ether oxygens (including phenoxy) is 2. The fraction of sp³-hybridized carbons (Fsp3) is 0.857. The molecule has 2 atom stereocenters. The average molecular weight is 287 g/mol. The second-order valence-electron chi connectivity index (χ2n) is 6.36. The fourth-order valence-electron chi connectivity index (χ4n) is 2.21. The lowest BCUT2D eigenvalue weighted by Gasteiger charge is -2.38. The summed E-state index contributed by atoms with van der Waals surface area (Å²) < 4.78 is 10.9. The summed E-state index contributed by atoms with van der Waals surface area (Å²) in [5.41, 5.74) is -0.634. The third kappa shape index (κ3) is 5.00. The molecular weight excluding hydrogens is 262 g/mol. The first-order chi connectivity index (χ1) is 9.10. The van der Waals surface area contributed by atoms with Crippen LogP contribution in [0.25, 0.3) is 0 Å². The highest BCUT2D eigenvalue weighted by Gasteiger charge is 2.38. The Hall–Kier alpha value is -1.30. The van der Waals surface area contributed by atoms with Crippen molar-refractivity contribution in [3.8, 4) is 0 Å². The molecule has 1 amide bonds. The normalized spacial score (nSPS) is 23.8. The van der Waals surface area contributed by atoms with Crippen molar-refractivity contribution in [3.63, 3.8) is 0 Å². The maximum Gasteiger partial charge on any atom is 0.411 e. The first kappa shape index (κ1) is 16.8. The van der Waals surface area contributed by atoms with Crippen molar-refractivity contribution in [1.82, 2.24) is 4.90 Å². The van der Waals surface area contributed by atoms with Crippen LogP contribution >= 0.6 is 0 Å². The summed E-state index contributed by atoms with van der Waals surface area (Å²) in [5.74, 6) is -1.02. The van der Waals surface area contributed by atoms with Crippen LogP contribution in [-0.2, 0) is 14.3 Å². The molecule has 6 nitrogen and oxygen atoms in total. The summed E-state index contributed by atoms with van der Waals surface area (Å²) in [4.78, 5) is 24.7. The smallest absolute Gasteiger partial charge is 0.411 e. The van der Waals surface area contributed by atoms with Crippen LogP contribution in [-0.4, -0.2) is 52.5 Å². The van der Waals surface area contributed by atoms with Crippen molar-refractivity contribution in [1.29, 1.82) is 0 Å². The van der Waals surface area contributed by atoms with Crippen LogP contribution < -0.4 is 0 Å². The number of amides is 1. The van der Waals surface area contributed by atoms with Crippen LogP contribution in [0.2, 0.25) is 0 Å². The molecule has 0 radical (unpaired) electrons. The summed E-state index contributed by atoms with van der Waals surface area (Å²) in [6.45, 7) is 9.44. The van der Waals surface area contributed by atoms with Gasteiger partial charge in [-0.05, 0) is 41.0 Å². The molecule has 0 aromatic rings. The molecule has 6 heteroatoms. The van der Waals surface area contributed by atoms with Crippen LogP contribution in [0.3, 0.4) is 0 Å². The first-order valence-corrected chi connectivity index (χ1v) is 6.98. The van der Waals surface area contributed by atoms with Crippen molar-refractivity contribution in [2.45, 2.75) is 71.3 Å². The molecule has 0 saturated carbocycles. The molecule has 2 unspecified atom stereocenters. The average Bonchev–Trinajstić information content (AvgIpc) is 2.25. The molecular formula is C14H25NO5. The molecule has 0 bridgehead atoms. The van der Waals surface area contributed by atoms with E-state index in [4.69, 9.17) is 9.47 Å². The number of piperidine rings is 1. The highest BCUT2D eigenvalue weighted by molar-refractivity contribution is 5.80. The summed E-state index contributed by atoms with van der Waals surface area (Å²) >= 11 is 0. The second-order valence-corrected chi connectivity index (χ2v) is 6.36. The Morgan fingerprint density at radius 1 is 1.30 bits per heavy atom. The fourth-order valence-corrected chi connectivity index (χ4v) is 2.21. The van der Waals surface area contributed by atoms with Gasteiger partial charge in [0.15, 0.2) is 0 Å². The van der Waals surface area contributed by atoms with Gasteiger partial charge in [0.25, 0.3) is 0 Å². The van der Waals surface area contributed by atoms with Gasteiger partial charge < -0.3 is 14.6 Å². The zero-order valence-electron chi connectivity index (χ0n) is 12.9. The zero-order valence-corrected chi connectivity index (χ0v) is 12.9. The number of hydrogen-bond acceptors (Lipinski definition) is 4. The molecule has 1 aliphatic rings. The molecule has 20 heavy (non-hydrogen) atoms. The summed E-state index contributed by atoms with van der Waals surface area (Å²) in [7, 11) is 0. The number of nitrogens with zero attached hydrogens (tertiary/aromatic N) is 1. The maximum atomic E-state index is 12.1. The lowest BCUT2D eigenvalue weighted by molar-refractivity contribution is -0.148. The number of aliphatic carboxylic acids is 1. The molecule has 0 spiro atoms. The van der Waals surface area contributed by atoms with Crippen LogP contribution in [0, 0.1) is 0 Å². The molecule has 0 aromatic carbocycles. The Morgan fingerprint density at radius 2 is 1.90 bits per heavy atom. The van der Waals surface area contributed by atoms with E-state index in [0.717, 1.165) is 0 Å². The van der Waals surface area contributed by atoms with E-state index in [0.29, 0.717) is 19.4 Å². The van der Waals surface area contributed by atoms with Gasteiger partial charge in [-0.3, -0.25) is 4.90 Å². The van der Waals surface area contributed by atoms with Gasteiger partial charge in [-0.2, -0.15) is 0 Å². The van der Waals surface area contributed by atoms with Gasteiger partial charge in [-0.25, -0.2) is 9.59 Å². The monoisotopic (exact) mass is 287 g/mol. The van der Waals surface area contributed by atoms with Gasteiger partial charge in [-0.15, -0.1) is 0 Å². The van der Waals surface area contributed by atoms with Crippen molar-refractivity contribution in [2.75, 3.05) is 6.54 Å². The van der Waals surface area contributed by atoms with Crippen LogP contribution in [0.1, 0.15) is 47.5 Å². The number of carboxylic acid groups (broad SMARTS) is 1. The van der Waals surface area contributed by atoms with Gasteiger partial charge in [0.1, 0.15) is 11.6 Å². The molecule has 1 fully saturated rings. The Bertz CT molecular complexity index is 361. The van der Waals surface area contributed by atoms with E-state index >= 15 is 0 Å². The third-order valence-electron chi connectivity index (χ3n) is 2.93. The van der Waals surface area contributed by atoms with Crippen molar-refractivity contribution >= 4 is 12.1 Å². The molecule has 1 aliphatic heterocycles. The lowest BCUT2D eigenvalue weighted by atomic mass is 9.99. The Balaban J connectivity index is 2.72. The quantitative estimate of drug-likeness (QED) is 0.861. The van der Waals surface area contributed by atoms with Gasteiger partial charge in [-0.1, -0.05) is 0 Å². The van der Waals surface area contributed by atoms with Crippen molar-refractivity contribution < 1.29 is 24.2 Å². The Morgan fingerprint density at radius 3 is 2.35 bits per heavy atom. The minimum atomic E-state index is -1.02.